The van der Waals surface area contributed by atoms with Crippen molar-refractivity contribution in [2.24, 2.45) is 0 Å². The Hall–Kier alpha value is -2.55. The van der Waals surface area contributed by atoms with Gasteiger partial charge in [-0.05, 0) is 17.7 Å². The number of carboxylic acids is 1. The molecule has 0 atom stereocenters. The van der Waals surface area contributed by atoms with Gasteiger partial charge >= 0.3 is 5.97 Å². The van der Waals surface area contributed by atoms with E-state index in [0.29, 0.717) is 5.56 Å². The summed E-state index contributed by atoms with van der Waals surface area (Å²) in [6.07, 6.45) is 4.96. The molecule has 0 aliphatic heterocycles. The van der Waals surface area contributed by atoms with Gasteiger partial charge in [0, 0.05) is 0 Å². The second-order valence-electron chi connectivity index (χ2n) is 3.99. The fraction of sp³-hybridized carbons (Fsp3) is 0.286. The molecule has 0 saturated carbocycles. The van der Waals surface area contributed by atoms with Crippen molar-refractivity contribution in [1.29, 1.82) is 0 Å². The van der Waals surface area contributed by atoms with E-state index in [1.807, 2.05) is 0 Å². The summed E-state index contributed by atoms with van der Waals surface area (Å²) in [6.45, 7) is -0.592. The minimum atomic E-state index is -1.16. The van der Waals surface area contributed by atoms with Gasteiger partial charge in [-0.2, -0.15) is 0 Å². The summed E-state index contributed by atoms with van der Waals surface area (Å²) >= 11 is 0. The van der Waals surface area contributed by atoms with Gasteiger partial charge in [-0.3, -0.25) is 9.59 Å². The summed E-state index contributed by atoms with van der Waals surface area (Å²) in [5.41, 5.74) is 0.417. The molecule has 0 saturated heterocycles. The van der Waals surface area contributed by atoms with Gasteiger partial charge in [0.25, 0.3) is 0 Å². The van der Waals surface area contributed by atoms with Crippen molar-refractivity contribution in [3.05, 3.63) is 29.6 Å². The third kappa shape index (κ3) is 4.28. The molecule has 0 spiro atoms. The largest absolute Gasteiger partial charge is 0.494 e. The van der Waals surface area contributed by atoms with Gasteiger partial charge in [0.05, 0.1) is 20.1 Å². The minimum absolute atomic E-state index is 0.0761. The maximum atomic E-state index is 13.5. The molecule has 106 valence electrons. The number of terminal acetylenes is 1. The minimum Gasteiger partial charge on any atom is -0.494 e. The normalized spacial score (nSPS) is 9.65. The molecule has 0 aromatic heterocycles. The first-order valence-electron chi connectivity index (χ1n) is 5.73. The van der Waals surface area contributed by atoms with Crippen LogP contribution in [-0.4, -0.2) is 42.1 Å². The average Bonchev–Trinajstić information content (AvgIpc) is 2.38. The lowest BCUT2D eigenvalue weighted by atomic mass is 10.1. The van der Waals surface area contributed by atoms with E-state index in [0.717, 1.165) is 4.90 Å². The van der Waals surface area contributed by atoms with Gasteiger partial charge in [0.1, 0.15) is 6.54 Å². The topological polar surface area (TPSA) is 66.8 Å². The molecule has 1 N–H and O–H groups in total. The first-order chi connectivity index (χ1) is 9.47. The van der Waals surface area contributed by atoms with Crippen molar-refractivity contribution < 1.29 is 23.8 Å². The molecule has 0 aliphatic carbocycles. The van der Waals surface area contributed by atoms with E-state index in [4.69, 9.17) is 16.3 Å². The Labute approximate surface area is 116 Å². The van der Waals surface area contributed by atoms with Crippen molar-refractivity contribution in [2.75, 3.05) is 20.2 Å². The van der Waals surface area contributed by atoms with Crippen LogP contribution in [0.2, 0.25) is 0 Å². The van der Waals surface area contributed by atoms with Gasteiger partial charge in [-0.15, -0.1) is 6.42 Å². The molecule has 1 aromatic carbocycles. The van der Waals surface area contributed by atoms with E-state index in [1.54, 1.807) is 0 Å². The van der Waals surface area contributed by atoms with Crippen molar-refractivity contribution in [3.8, 4) is 18.1 Å². The first kappa shape index (κ1) is 15.5. The number of amides is 1. The highest BCUT2D eigenvalue weighted by molar-refractivity contribution is 5.83. The van der Waals surface area contributed by atoms with Crippen LogP contribution in [0.3, 0.4) is 0 Å². The molecule has 1 rings (SSSR count). The molecule has 0 radical (unpaired) electrons. The number of carboxylic acid groups (broad SMARTS) is 1. The van der Waals surface area contributed by atoms with Gasteiger partial charge < -0.3 is 14.7 Å². The molecule has 1 amide bonds. The predicted molar refractivity (Wildman–Crippen MR) is 69.7 cm³/mol. The third-order valence-corrected chi connectivity index (χ3v) is 2.53. The lowest BCUT2D eigenvalue weighted by Crippen LogP contribution is -2.37. The fourth-order valence-electron chi connectivity index (χ4n) is 1.61. The van der Waals surface area contributed by atoms with E-state index in [9.17, 15) is 14.0 Å². The number of carbonyl (C=O) groups is 2. The molecule has 0 bridgehead atoms. The maximum Gasteiger partial charge on any atom is 0.323 e. The lowest BCUT2D eigenvalue weighted by Gasteiger charge is -2.18. The molecule has 1 aromatic rings. The standard InChI is InChI=1S/C14H14FNO4/c1-3-6-16(9-14(18)19)13(17)8-10-4-5-12(20-2)11(15)7-10/h1,4-5,7H,6,8-9H2,2H3,(H,18,19). The number of methoxy groups -OCH3 is 1. The molecule has 0 fully saturated rings. The maximum absolute atomic E-state index is 13.5. The summed E-state index contributed by atoms with van der Waals surface area (Å²) in [4.78, 5) is 23.6. The van der Waals surface area contributed by atoms with Crippen molar-refractivity contribution >= 4 is 11.9 Å². The molecular weight excluding hydrogens is 265 g/mol. The number of aliphatic carboxylic acids is 1. The van der Waals surface area contributed by atoms with Crippen molar-refractivity contribution in [2.45, 2.75) is 6.42 Å². The van der Waals surface area contributed by atoms with E-state index >= 15 is 0 Å². The van der Waals surface area contributed by atoms with E-state index in [2.05, 4.69) is 5.92 Å². The van der Waals surface area contributed by atoms with Crippen LogP contribution in [0.4, 0.5) is 4.39 Å². The Bertz CT molecular complexity index is 551. The highest BCUT2D eigenvalue weighted by atomic mass is 19.1. The van der Waals surface area contributed by atoms with Crippen LogP contribution in [0, 0.1) is 18.2 Å². The predicted octanol–water partition coefficient (Wildman–Crippen LogP) is 0.923. The zero-order valence-electron chi connectivity index (χ0n) is 10.9. The number of hydrogen-bond acceptors (Lipinski definition) is 3. The molecule has 5 nitrogen and oxygen atoms in total. The van der Waals surface area contributed by atoms with Crippen LogP contribution >= 0.6 is 0 Å². The number of benzene rings is 1. The number of halogens is 1. The third-order valence-electron chi connectivity index (χ3n) is 2.53. The van der Waals surface area contributed by atoms with E-state index in [-0.39, 0.29) is 18.7 Å². The molecule has 20 heavy (non-hydrogen) atoms. The van der Waals surface area contributed by atoms with Gasteiger partial charge in [0.15, 0.2) is 11.6 Å². The second-order valence-corrected chi connectivity index (χ2v) is 3.99. The molecule has 0 heterocycles. The monoisotopic (exact) mass is 279 g/mol. The number of rotatable bonds is 6. The van der Waals surface area contributed by atoms with Crippen LogP contribution in [0.25, 0.3) is 0 Å². The number of carbonyl (C=O) groups excluding carboxylic acids is 1. The van der Waals surface area contributed by atoms with Gasteiger partial charge in [-0.1, -0.05) is 12.0 Å². The Morgan fingerprint density at radius 3 is 2.70 bits per heavy atom. The molecule has 0 aliphatic rings. The Morgan fingerprint density at radius 2 is 2.20 bits per heavy atom. The SMILES string of the molecule is C#CCN(CC(=O)O)C(=O)Cc1ccc(OC)c(F)c1. The van der Waals surface area contributed by atoms with Crippen molar-refractivity contribution in [3.63, 3.8) is 0 Å². The smallest absolute Gasteiger partial charge is 0.323 e. The summed E-state index contributed by atoms with van der Waals surface area (Å²) in [6, 6.07) is 4.11. The summed E-state index contributed by atoms with van der Waals surface area (Å²) < 4.78 is 18.3. The summed E-state index contributed by atoms with van der Waals surface area (Å²) in [5.74, 6) is 0.0747. The van der Waals surface area contributed by atoms with Crippen molar-refractivity contribution in [1.82, 2.24) is 4.90 Å². The van der Waals surface area contributed by atoms with Crippen LogP contribution in [0.15, 0.2) is 18.2 Å². The lowest BCUT2D eigenvalue weighted by molar-refractivity contribution is -0.143. The highest BCUT2D eigenvalue weighted by Crippen LogP contribution is 2.18. The van der Waals surface area contributed by atoms with E-state index < -0.39 is 24.2 Å². The van der Waals surface area contributed by atoms with Crippen LogP contribution in [-0.2, 0) is 16.0 Å². The first-order valence-corrected chi connectivity index (χ1v) is 5.73. The Morgan fingerprint density at radius 1 is 1.50 bits per heavy atom. The van der Waals surface area contributed by atoms with Crippen LogP contribution in [0.5, 0.6) is 5.75 Å². The van der Waals surface area contributed by atoms with Crippen LogP contribution < -0.4 is 4.74 Å². The second kappa shape index (κ2) is 7.14. The molecule has 0 unspecified atom stereocenters. The number of hydrogen-bond donors (Lipinski definition) is 1. The quantitative estimate of drug-likeness (QED) is 0.786. The molecule has 6 heteroatoms. The summed E-state index contributed by atoms with van der Waals surface area (Å²) in [7, 11) is 1.34. The molecular formula is C14H14FNO4. The van der Waals surface area contributed by atoms with E-state index in [1.165, 1.54) is 25.3 Å². The zero-order chi connectivity index (χ0) is 15.1. The van der Waals surface area contributed by atoms with Gasteiger partial charge in [-0.25, -0.2) is 4.39 Å². The highest BCUT2D eigenvalue weighted by Gasteiger charge is 2.16. The number of nitrogens with zero attached hydrogens (tertiary/aromatic N) is 1. The zero-order valence-corrected chi connectivity index (χ0v) is 10.9. The Balaban J connectivity index is 2.80. The average molecular weight is 279 g/mol. The Kier molecular flexibility index (Phi) is 5.54. The number of ether oxygens (including phenoxy) is 1. The summed E-state index contributed by atoms with van der Waals surface area (Å²) in [5, 5.41) is 8.70. The fourth-order valence-corrected chi connectivity index (χ4v) is 1.61. The van der Waals surface area contributed by atoms with Gasteiger partial charge in [0.2, 0.25) is 5.91 Å². The van der Waals surface area contributed by atoms with Crippen LogP contribution in [0.1, 0.15) is 5.56 Å².